The Balaban J connectivity index is 2.42. The van der Waals surface area contributed by atoms with E-state index in [2.05, 4.69) is 6.92 Å². The molecule has 3 atom stereocenters. The number of aliphatic hydroxyl groups excluding tert-OH is 2. The summed E-state index contributed by atoms with van der Waals surface area (Å²) in [7, 11) is 0. The molecular weight excluding hydrogens is 140 g/mol. The molecule has 1 aliphatic rings. The zero-order valence-corrected chi connectivity index (χ0v) is 7.16. The molecular formula is C9H18O2. The summed E-state index contributed by atoms with van der Waals surface area (Å²) >= 11 is 0. The van der Waals surface area contributed by atoms with Gasteiger partial charge in [0.15, 0.2) is 0 Å². The van der Waals surface area contributed by atoms with E-state index in [0.717, 1.165) is 25.7 Å². The number of aliphatic hydroxyl groups is 2. The number of hydrogen-bond donors (Lipinski definition) is 2. The Morgan fingerprint density at radius 2 is 2.09 bits per heavy atom. The summed E-state index contributed by atoms with van der Waals surface area (Å²) in [5.41, 5.74) is 0. The van der Waals surface area contributed by atoms with E-state index in [9.17, 15) is 5.11 Å². The lowest BCUT2D eigenvalue weighted by Crippen LogP contribution is -2.20. The van der Waals surface area contributed by atoms with E-state index in [-0.39, 0.29) is 12.7 Å². The highest BCUT2D eigenvalue weighted by atomic mass is 16.3. The number of rotatable bonds is 3. The third kappa shape index (κ3) is 1.94. The quantitative estimate of drug-likeness (QED) is 0.647. The van der Waals surface area contributed by atoms with Crippen molar-refractivity contribution in [2.24, 2.45) is 11.8 Å². The highest BCUT2D eigenvalue weighted by Crippen LogP contribution is 2.34. The lowest BCUT2D eigenvalue weighted by molar-refractivity contribution is 0.0918. The molecule has 1 rings (SSSR count). The van der Waals surface area contributed by atoms with Gasteiger partial charge in [-0.15, -0.1) is 0 Å². The van der Waals surface area contributed by atoms with E-state index >= 15 is 0 Å². The van der Waals surface area contributed by atoms with Crippen molar-refractivity contribution in [3.05, 3.63) is 0 Å². The van der Waals surface area contributed by atoms with E-state index in [1.54, 1.807) is 0 Å². The summed E-state index contributed by atoms with van der Waals surface area (Å²) in [6.07, 6.45) is 3.91. The molecule has 0 radical (unpaired) electrons. The van der Waals surface area contributed by atoms with Gasteiger partial charge in [-0.1, -0.05) is 13.3 Å². The molecule has 2 nitrogen and oxygen atoms in total. The lowest BCUT2D eigenvalue weighted by Gasteiger charge is -2.19. The maximum atomic E-state index is 9.51. The van der Waals surface area contributed by atoms with Gasteiger partial charge in [0.1, 0.15) is 0 Å². The third-order valence-electron chi connectivity index (χ3n) is 2.79. The van der Waals surface area contributed by atoms with E-state index in [4.69, 9.17) is 5.11 Å². The smallest absolute Gasteiger partial charge is 0.0572 e. The highest BCUT2D eigenvalue weighted by Gasteiger charge is 2.33. The molecule has 0 aromatic rings. The summed E-state index contributed by atoms with van der Waals surface area (Å²) < 4.78 is 0. The normalized spacial score (nSPS) is 37.9. The van der Waals surface area contributed by atoms with E-state index in [1.807, 2.05) is 0 Å². The van der Waals surface area contributed by atoms with Crippen LogP contribution in [0.4, 0.5) is 0 Å². The fourth-order valence-electron chi connectivity index (χ4n) is 2.12. The minimum Gasteiger partial charge on any atom is -0.396 e. The van der Waals surface area contributed by atoms with Crippen molar-refractivity contribution >= 4 is 0 Å². The molecule has 0 heterocycles. The first-order valence-corrected chi connectivity index (χ1v) is 4.58. The Morgan fingerprint density at radius 3 is 2.64 bits per heavy atom. The van der Waals surface area contributed by atoms with Crippen molar-refractivity contribution in [3.63, 3.8) is 0 Å². The van der Waals surface area contributed by atoms with Crippen LogP contribution in [-0.2, 0) is 0 Å². The topological polar surface area (TPSA) is 40.5 Å². The van der Waals surface area contributed by atoms with Gasteiger partial charge >= 0.3 is 0 Å². The third-order valence-corrected chi connectivity index (χ3v) is 2.79. The minimum atomic E-state index is -0.146. The lowest BCUT2D eigenvalue weighted by atomic mass is 9.91. The maximum Gasteiger partial charge on any atom is 0.0572 e. The largest absolute Gasteiger partial charge is 0.396 e. The molecule has 11 heavy (non-hydrogen) atoms. The van der Waals surface area contributed by atoms with Gasteiger partial charge < -0.3 is 10.2 Å². The van der Waals surface area contributed by atoms with Crippen molar-refractivity contribution in [2.45, 2.75) is 38.7 Å². The van der Waals surface area contributed by atoms with Crippen LogP contribution >= 0.6 is 0 Å². The maximum absolute atomic E-state index is 9.51. The first-order chi connectivity index (χ1) is 5.29. The summed E-state index contributed by atoms with van der Waals surface area (Å²) in [5.74, 6) is 0.731. The van der Waals surface area contributed by atoms with Gasteiger partial charge in [-0.3, -0.25) is 0 Å². The molecule has 2 N–H and O–H groups in total. The molecule has 0 spiro atoms. The SMILES string of the molecule is CCC[C@H]1[C@H](CO)CC[C@H]1O. The predicted octanol–water partition coefficient (Wildman–Crippen LogP) is 1.17. The molecule has 0 unspecified atom stereocenters. The Kier molecular flexibility index (Phi) is 3.34. The Bertz CT molecular complexity index is 114. The average molecular weight is 158 g/mol. The second-order valence-electron chi connectivity index (χ2n) is 3.54. The summed E-state index contributed by atoms with van der Waals surface area (Å²) in [6, 6.07) is 0. The second-order valence-corrected chi connectivity index (χ2v) is 3.54. The zero-order valence-electron chi connectivity index (χ0n) is 7.16. The molecule has 0 aromatic carbocycles. The van der Waals surface area contributed by atoms with Crippen LogP contribution in [0, 0.1) is 11.8 Å². The monoisotopic (exact) mass is 158 g/mol. The molecule has 2 heteroatoms. The van der Waals surface area contributed by atoms with Crippen LogP contribution in [0.3, 0.4) is 0 Å². The van der Waals surface area contributed by atoms with E-state index in [1.165, 1.54) is 0 Å². The fourth-order valence-corrected chi connectivity index (χ4v) is 2.12. The summed E-state index contributed by atoms with van der Waals surface area (Å²) in [4.78, 5) is 0. The number of hydrogen-bond acceptors (Lipinski definition) is 2. The van der Waals surface area contributed by atoms with Crippen molar-refractivity contribution in [1.82, 2.24) is 0 Å². The van der Waals surface area contributed by atoms with Crippen LogP contribution in [0.1, 0.15) is 32.6 Å². The summed E-state index contributed by atoms with van der Waals surface area (Å²) in [5, 5.41) is 18.5. The van der Waals surface area contributed by atoms with Gasteiger partial charge in [0.2, 0.25) is 0 Å². The van der Waals surface area contributed by atoms with Crippen molar-refractivity contribution < 1.29 is 10.2 Å². The molecule has 0 aromatic heterocycles. The van der Waals surface area contributed by atoms with E-state index in [0.29, 0.717) is 11.8 Å². The predicted molar refractivity (Wildman–Crippen MR) is 44.2 cm³/mol. The Morgan fingerprint density at radius 1 is 1.36 bits per heavy atom. The highest BCUT2D eigenvalue weighted by molar-refractivity contribution is 4.83. The van der Waals surface area contributed by atoms with Gasteiger partial charge in [0.25, 0.3) is 0 Å². The van der Waals surface area contributed by atoms with Gasteiger partial charge in [0, 0.05) is 6.61 Å². The van der Waals surface area contributed by atoms with Gasteiger partial charge in [-0.2, -0.15) is 0 Å². The van der Waals surface area contributed by atoms with Gasteiger partial charge in [-0.05, 0) is 31.1 Å². The molecule has 0 aliphatic heterocycles. The van der Waals surface area contributed by atoms with Crippen LogP contribution in [0.15, 0.2) is 0 Å². The molecule has 0 amide bonds. The van der Waals surface area contributed by atoms with Gasteiger partial charge in [-0.25, -0.2) is 0 Å². The molecule has 1 fully saturated rings. The molecule has 0 bridgehead atoms. The molecule has 1 aliphatic carbocycles. The van der Waals surface area contributed by atoms with Crippen LogP contribution in [0.25, 0.3) is 0 Å². The van der Waals surface area contributed by atoms with Crippen LogP contribution in [0.5, 0.6) is 0 Å². The second kappa shape index (κ2) is 4.07. The van der Waals surface area contributed by atoms with Crippen molar-refractivity contribution in [1.29, 1.82) is 0 Å². The molecule has 1 saturated carbocycles. The van der Waals surface area contributed by atoms with Gasteiger partial charge in [0.05, 0.1) is 6.10 Å². The average Bonchev–Trinajstić information content (AvgIpc) is 2.34. The fraction of sp³-hybridized carbons (Fsp3) is 1.00. The van der Waals surface area contributed by atoms with Crippen molar-refractivity contribution in [2.75, 3.05) is 6.61 Å². The Hall–Kier alpha value is -0.0800. The van der Waals surface area contributed by atoms with E-state index < -0.39 is 0 Å². The van der Waals surface area contributed by atoms with Crippen molar-refractivity contribution in [3.8, 4) is 0 Å². The minimum absolute atomic E-state index is 0.146. The Labute approximate surface area is 68.2 Å². The first-order valence-electron chi connectivity index (χ1n) is 4.58. The molecule has 66 valence electrons. The van der Waals surface area contributed by atoms with Crippen LogP contribution in [-0.4, -0.2) is 22.9 Å². The van der Waals surface area contributed by atoms with Crippen LogP contribution < -0.4 is 0 Å². The molecule has 0 saturated heterocycles. The van der Waals surface area contributed by atoms with Crippen LogP contribution in [0.2, 0.25) is 0 Å². The summed E-state index contributed by atoms with van der Waals surface area (Å²) in [6.45, 7) is 2.38. The zero-order chi connectivity index (χ0) is 8.27. The standard InChI is InChI=1S/C9H18O2/c1-2-3-8-7(6-10)4-5-9(8)11/h7-11H,2-6H2,1H3/t7-,8-,9+/m0/s1. The first kappa shape index (κ1) is 9.01.